The first kappa shape index (κ1) is 36.9. The van der Waals surface area contributed by atoms with Crippen molar-refractivity contribution in [1.29, 1.82) is 0 Å². The van der Waals surface area contributed by atoms with Crippen LogP contribution < -0.4 is 4.90 Å². The first-order chi connectivity index (χ1) is 31.0. The van der Waals surface area contributed by atoms with Gasteiger partial charge in [-0.05, 0) is 133 Å². The van der Waals surface area contributed by atoms with Crippen LogP contribution >= 0.6 is 0 Å². The molecule has 1 heterocycles. The van der Waals surface area contributed by atoms with Crippen LogP contribution in [0, 0.1) is 0 Å². The monoisotopic (exact) mass is 805 g/mol. The Kier molecular flexibility index (Phi) is 8.55. The van der Waals surface area contributed by atoms with E-state index in [1.807, 2.05) is 12.1 Å². The van der Waals surface area contributed by atoms with Crippen LogP contribution in [0.15, 0.2) is 229 Å². The van der Waals surface area contributed by atoms with E-state index in [1.54, 1.807) is 0 Å². The summed E-state index contributed by atoms with van der Waals surface area (Å²) < 4.78 is 6.25. The minimum atomic E-state index is -0.107. The van der Waals surface area contributed by atoms with E-state index in [-0.39, 0.29) is 5.41 Å². The molecular weight excluding hydrogens is 763 g/mol. The van der Waals surface area contributed by atoms with Gasteiger partial charge in [0.05, 0.1) is 5.69 Å². The molecule has 1 aliphatic carbocycles. The Hall–Kier alpha value is -7.94. The third-order valence-electron chi connectivity index (χ3n) is 13.3. The van der Waals surface area contributed by atoms with E-state index in [2.05, 4.69) is 231 Å². The summed E-state index contributed by atoms with van der Waals surface area (Å²) in [5, 5.41) is 4.74. The van der Waals surface area contributed by atoms with Gasteiger partial charge >= 0.3 is 0 Å². The van der Waals surface area contributed by atoms with E-state index in [0.717, 1.165) is 50.1 Å². The van der Waals surface area contributed by atoms with Gasteiger partial charge in [0.25, 0.3) is 0 Å². The smallest absolute Gasteiger partial charge is 0.135 e. The average molecular weight is 806 g/mol. The lowest BCUT2D eigenvalue weighted by Gasteiger charge is -2.28. The molecule has 63 heavy (non-hydrogen) atoms. The van der Waals surface area contributed by atoms with Crippen LogP contribution in [0.5, 0.6) is 0 Å². The second-order valence-electron chi connectivity index (χ2n) is 17.3. The number of nitrogens with zero attached hydrogens (tertiary/aromatic N) is 1. The summed E-state index contributed by atoms with van der Waals surface area (Å²) in [6.45, 7) is 4.72. The molecule has 0 N–H and O–H groups in total. The van der Waals surface area contributed by atoms with Crippen molar-refractivity contribution in [1.82, 2.24) is 0 Å². The van der Waals surface area contributed by atoms with Gasteiger partial charge in [-0.3, -0.25) is 0 Å². The number of rotatable bonds is 7. The maximum Gasteiger partial charge on any atom is 0.135 e. The quantitative estimate of drug-likeness (QED) is 0.160. The molecule has 298 valence electrons. The Morgan fingerprint density at radius 2 is 0.921 bits per heavy atom. The normalized spacial score (nSPS) is 12.7. The van der Waals surface area contributed by atoms with Crippen molar-refractivity contribution in [2.24, 2.45) is 0 Å². The van der Waals surface area contributed by atoms with Crippen LogP contribution in [-0.2, 0) is 5.41 Å². The predicted octanol–water partition coefficient (Wildman–Crippen LogP) is 17.2. The number of hydrogen-bond acceptors (Lipinski definition) is 2. The molecule has 0 saturated carbocycles. The molecule has 2 nitrogen and oxygen atoms in total. The first-order valence-corrected chi connectivity index (χ1v) is 21.8. The van der Waals surface area contributed by atoms with E-state index < -0.39 is 0 Å². The van der Waals surface area contributed by atoms with E-state index >= 15 is 0 Å². The van der Waals surface area contributed by atoms with Gasteiger partial charge in [0.2, 0.25) is 0 Å². The fourth-order valence-electron chi connectivity index (χ4n) is 10.2. The molecule has 0 amide bonds. The molecule has 2 heteroatoms. The van der Waals surface area contributed by atoms with Crippen molar-refractivity contribution < 1.29 is 4.42 Å². The van der Waals surface area contributed by atoms with Crippen molar-refractivity contribution >= 4 is 49.8 Å². The fraction of sp³-hybridized carbons (Fsp3) is 0.0492. The van der Waals surface area contributed by atoms with Crippen LogP contribution in [0.3, 0.4) is 0 Å². The topological polar surface area (TPSA) is 16.4 Å². The molecular formula is C61H43NO. The number of fused-ring (bicyclic) bond motifs is 7. The molecule has 12 rings (SSSR count). The summed E-state index contributed by atoms with van der Waals surface area (Å²) in [5.41, 5.74) is 19.9. The number of benzene rings is 10. The third kappa shape index (κ3) is 6.17. The predicted molar refractivity (Wildman–Crippen MR) is 265 cm³/mol. The molecule has 1 aliphatic rings. The Labute approximate surface area is 368 Å². The summed E-state index contributed by atoms with van der Waals surface area (Å²) in [6, 6.07) is 81.7. The number of hydrogen-bond donors (Lipinski definition) is 0. The van der Waals surface area contributed by atoms with Crippen LogP contribution in [0.25, 0.3) is 88.3 Å². The fourth-order valence-corrected chi connectivity index (χ4v) is 10.2. The van der Waals surface area contributed by atoms with Gasteiger partial charge in [-0.2, -0.15) is 0 Å². The summed E-state index contributed by atoms with van der Waals surface area (Å²) in [7, 11) is 0. The van der Waals surface area contributed by atoms with E-state index in [1.165, 1.54) is 66.4 Å². The highest BCUT2D eigenvalue weighted by atomic mass is 16.3. The SMILES string of the molecule is CC1(C)c2ccccc2-c2cccc(-c3ccc(N(c4ccc(-c5cccc(-c6ccc7ccccc7c6)c5)cc4)c4ccccc4-c4ccc5oc6ccccc6c5c4)cc3)c21. The Morgan fingerprint density at radius 1 is 0.349 bits per heavy atom. The van der Waals surface area contributed by atoms with Crippen LogP contribution in [0.2, 0.25) is 0 Å². The van der Waals surface area contributed by atoms with Crippen molar-refractivity contribution in [3.05, 3.63) is 236 Å². The molecule has 0 saturated heterocycles. The van der Waals surface area contributed by atoms with Gasteiger partial charge in [-0.1, -0.05) is 178 Å². The number of furan rings is 1. The van der Waals surface area contributed by atoms with Gasteiger partial charge in [-0.25, -0.2) is 0 Å². The molecule has 0 unspecified atom stereocenters. The molecule has 0 bridgehead atoms. The van der Waals surface area contributed by atoms with Crippen molar-refractivity contribution in [2.45, 2.75) is 19.3 Å². The van der Waals surface area contributed by atoms with Crippen LogP contribution in [-0.4, -0.2) is 0 Å². The zero-order valence-corrected chi connectivity index (χ0v) is 35.2. The van der Waals surface area contributed by atoms with Crippen LogP contribution in [0.4, 0.5) is 17.1 Å². The molecule has 0 spiro atoms. The Morgan fingerprint density at radius 3 is 1.75 bits per heavy atom. The molecule has 11 aromatic rings. The second-order valence-corrected chi connectivity index (χ2v) is 17.3. The standard InChI is InChI=1S/C61H43NO/c1-61(2)56-22-8-5-18-52(56)54-21-12-20-51(60(54)61)42-29-34-49(35-30-42)62(57-23-9-6-17-50(57)47-31-36-59-55(39-47)53-19-7-10-24-58(53)63-59)48-32-27-41(28-33-48)44-15-11-16-45(37-44)46-26-25-40-13-3-4-14-43(40)38-46/h3-39H,1-2H3. The van der Waals surface area contributed by atoms with Gasteiger partial charge in [0.1, 0.15) is 11.2 Å². The molecule has 0 atom stereocenters. The molecule has 1 aromatic heterocycles. The molecule has 0 aliphatic heterocycles. The second kappa shape index (κ2) is 14.6. The summed E-state index contributed by atoms with van der Waals surface area (Å²) in [4.78, 5) is 2.40. The van der Waals surface area contributed by atoms with E-state index in [0.29, 0.717) is 0 Å². The van der Waals surface area contributed by atoms with E-state index in [9.17, 15) is 0 Å². The van der Waals surface area contributed by atoms with Gasteiger partial charge < -0.3 is 9.32 Å². The Balaban J connectivity index is 0.964. The molecule has 10 aromatic carbocycles. The minimum absolute atomic E-state index is 0.107. The average Bonchev–Trinajstić information content (AvgIpc) is 3.83. The minimum Gasteiger partial charge on any atom is -0.456 e. The van der Waals surface area contributed by atoms with Crippen molar-refractivity contribution in [3.8, 4) is 55.6 Å². The van der Waals surface area contributed by atoms with E-state index in [4.69, 9.17) is 4.42 Å². The van der Waals surface area contributed by atoms with Gasteiger partial charge in [-0.15, -0.1) is 0 Å². The zero-order valence-electron chi connectivity index (χ0n) is 35.2. The lowest BCUT2D eigenvalue weighted by atomic mass is 9.79. The van der Waals surface area contributed by atoms with Crippen LogP contribution in [0.1, 0.15) is 25.0 Å². The lowest BCUT2D eigenvalue weighted by Crippen LogP contribution is -2.16. The third-order valence-corrected chi connectivity index (χ3v) is 13.3. The number of anilines is 3. The maximum absolute atomic E-state index is 6.25. The Bertz CT molecular complexity index is 3540. The zero-order chi connectivity index (χ0) is 42.1. The highest BCUT2D eigenvalue weighted by molar-refractivity contribution is 6.07. The lowest BCUT2D eigenvalue weighted by molar-refractivity contribution is 0.662. The number of para-hydroxylation sites is 2. The highest BCUT2D eigenvalue weighted by Gasteiger charge is 2.37. The molecule has 0 radical (unpaired) electrons. The summed E-state index contributed by atoms with van der Waals surface area (Å²) in [6.07, 6.45) is 0. The highest BCUT2D eigenvalue weighted by Crippen LogP contribution is 2.52. The molecule has 0 fully saturated rings. The maximum atomic E-state index is 6.25. The van der Waals surface area contributed by atoms with Crippen molar-refractivity contribution in [2.75, 3.05) is 4.90 Å². The summed E-state index contributed by atoms with van der Waals surface area (Å²) >= 11 is 0. The largest absolute Gasteiger partial charge is 0.456 e. The van der Waals surface area contributed by atoms with Gasteiger partial charge in [0.15, 0.2) is 0 Å². The first-order valence-electron chi connectivity index (χ1n) is 21.8. The van der Waals surface area contributed by atoms with Crippen molar-refractivity contribution in [3.63, 3.8) is 0 Å². The summed E-state index contributed by atoms with van der Waals surface area (Å²) in [5.74, 6) is 0. The van der Waals surface area contributed by atoms with Gasteiger partial charge in [0, 0.05) is 33.1 Å².